The number of carboxylic acids is 2. The van der Waals surface area contributed by atoms with Gasteiger partial charge in [0.1, 0.15) is 11.7 Å². The fourth-order valence-corrected chi connectivity index (χ4v) is 7.03. The number of rotatable bonds is 24. The zero-order chi connectivity index (χ0) is 44.8. The van der Waals surface area contributed by atoms with Gasteiger partial charge in [-0.05, 0) is 61.8 Å². The molecule has 0 saturated heterocycles. The molecule has 0 bridgehead atoms. The van der Waals surface area contributed by atoms with E-state index in [0.717, 1.165) is 16.7 Å². The van der Waals surface area contributed by atoms with Crippen LogP contribution in [0, 0.1) is 23.7 Å². The molecule has 0 radical (unpaired) electrons. The first-order chi connectivity index (χ1) is 28.2. The molecule has 0 heterocycles. The highest BCUT2D eigenvalue weighted by molar-refractivity contribution is 7.89. The third-order valence-corrected chi connectivity index (χ3v) is 10.4. The molecule has 3 rings (SSSR count). The number of amidine groups is 2. The maximum Gasteiger partial charge on any atom is 0.305 e. The Balaban J connectivity index is 0.000000418. The van der Waals surface area contributed by atoms with Gasteiger partial charge in [0.05, 0.1) is 30.6 Å². The Kier molecular flexibility index (Phi) is 21.1. The van der Waals surface area contributed by atoms with Crippen molar-refractivity contribution in [3.05, 3.63) is 101 Å². The molecule has 0 saturated carbocycles. The van der Waals surface area contributed by atoms with Crippen LogP contribution in [0.15, 0.2) is 77.7 Å². The first-order valence-corrected chi connectivity index (χ1v) is 20.9. The van der Waals surface area contributed by atoms with Gasteiger partial charge in [-0.3, -0.25) is 34.8 Å². The predicted octanol–water partition coefficient (Wildman–Crippen LogP) is 2.95. The Morgan fingerprint density at radius 3 is 1.45 bits per heavy atom. The molecular formula is C42H58N8O9S. The van der Waals surface area contributed by atoms with E-state index >= 15 is 0 Å². The molecule has 0 aliphatic carbocycles. The summed E-state index contributed by atoms with van der Waals surface area (Å²) in [5, 5.41) is 41.1. The van der Waals surface area contributed by atoms with Gasteiger partial charge in [0, 0.05) is 42.7 Å². The summed E-state index contributed by atoms with van der Waals surface area (Å²) in [6.07, 6.45) is 1.92. The van der Waals surface area contributed by atoms with E-state index in [2.05, 4.69) is 20.7 Å². The van der Waals surface area contributed by atoms with E-state index in [1.807, 2.05) is 20.8 Å². The first kappa shape index (κ1) is 50.0. The Morgan fingerprint density at radius 2 is 1.05 bits per heavy atom. The molecule has 326 valence electrons. The van der Waals surface area contributed by atoms with Crippen molar-refractivity contribution in [1.29, 1.82) is 10.8 Å². The van der Waals surface area contributed by atoms with Gasteiger partial charge < -0.3 is 37.6 Å². The molecule has 0 unspecified atom stereocenters. The Labute approximate surface area is 351 Å². The van der Waals surface area contributed by atoms with Crippen LogP contribution in [0.1, 0.15) is 86.6 Å². The van der Waals surface area contributed by atoms with Gasteiger partial charge in [0.15, 0.2) is 0 Å². The van der Waals surface area contributed by atoms with Gasteiger partial charge in [0.2, 0.25) is 27.7 Å². The van der Waals surface area contributed by atoms with Crippen LogP contribution in [0.25, 0.3) is 0 Å². The van der Waals surface area contributed by atoms with Crippen molar-refractivity contribution in [2.24, 2.45) is 17.4 Å². The van der Waals surface area contributed by atoms with Gasteiger partial charge in [-0.2, -0.15) is 0 Å². The second-order valence-corrected chi connectivity index (χ2v) is 16.5. The number of hydrogen-bond donors (Lipinski definition) is 10. The lowest BCUT2D eigenvalue weighted by Gasteiger charge is -2.18. The standard InChI is InChI=1S/C22H28N4O5S.C20H30N4O4/c1-15-4-10-19(11-5-15)32(30,31)26-18(14-21(28)29)3-2-12-25-20(27)13-16-6-8-17(9-7-16)22(23)24;1-13(2)10-18(26)24-16(12-19(27)28)4-3-9-23-17(25)11-14-5-7-15(8-6-14)20(21)22/h4-11,18,26H,2-3,12-14H2,1H3,(H3,23,24)(H,25,27)(H,28,29);5-8,13,16H,3-4,9-12H2,1-2H3,(H3,21,22)(H,23,25)(H,24,26)(H,27,28)/t18-;16-/m00/s1. The van der Waals surface area contributed by atoms with E-state index in [0.29, 0.717) is 43.4 Å². The number of nitrogens with two attached hydrogens (primary N) is 2. The molecular weight excluding hydrogens is 793 g/mol. The summed E-state index contributed by atoms with van der Waals surface area (Å²) in [7, 11) is -3.85. The molecule has 3 amide bonds. The zero-order valence-corrected chi connectivity index (χ0v) is 35.1. The highest BCUT2D eigenvalue weighted by Gasteiger charge is 2.22. The van der Waals surface area contributed by atoms with Crippen LogP contribution in [0.2, 0.25) is 0 Å². The van der Waals surface area contributed by atoms with E-state index in [1.54, 1.807) is 60.7 Å². The van der Waals surface area contributed by atoms with Crippen LogP contribution in [-0.4, -0.2) is 85.1 Å². The molecule has 2 atom stereocenters. The molecule has 3 aromatic carbocycles. The molecule has 3 aromatic rings. The van der Waals surface area contributed by atoms with E-state index in [9.17, 15) is 32.4 Å². The van der Waals surface area contributed by atoms with Crippen molar-refractivity contribution >= 4 is 51.4 Å². The lowest BCUT2D eigenvalue weighted by Crippen LogP contribution is -2.37. The van der Waals surface area contributed by atoms with Gasteiger partial charge >= 0.3 is 11.9 Å². The van der Waals surface area contributed by atoms with Gasteiger partial charge in [0.25, 0.3) is 0 Å². The maximum atomic E-state index is 12.6. The summed E-state index contributed by atoms with van der Waals surface area (Å²) < 4.78 is 27.6. The summed E-state index contributed by atoms with van der Waals surface area (Å²) in [5.41, 5.74) is 14.5. The molecule has 0 aliphatic rings. The smallest absolute Gasteiger partial charge is 0.305 e. The van der Waals surface area contributed by atoms with Crippen LogP contribution in [0.3, 0.4) is 0 Å². The number of benzene rings is 3. The lowest BCUT2D eigenvalue weighted by molar-refractivity contribution is -0.138. The first-order valence-electron chi connectivity index (χ1n) is 19.5. The number of nitrogens with one attached hydrogen (secondary N) is 6. The minimum absolute atomic E-state index is 0.0209. The van der Waals surface area contributed by atoms with Crippen molar-refractivity contribution in [2.75, 3.05) is 13.1 Å². The zero-order valence-electron chi connectivity index (χ0n) is 34.3. The van der Waals surface area contributed by atoms with E-state index in [1.165, 1.54) is 12.1 Å². The van der Waals surface area contributed by atoms with Crippen LogP contribution in [0.5, 0.6) is 0 Å². The van der Waals surface area contributed by atoms with Crippen molar-refractivity contribution in [1.82, 2.24) is 20.7 Å². The summed E-state index contributed by atoms with van der Waals surface area (Å²) in [6.45, 7) is 6.38. The number of amides is 3. The monoisotopic (exact) mass is 850 g/mol. The van der Waals surface area contributed by atoms with E-state index in [-0.39, 0.29) is 78.9 Å². The summed E-state index contributed by atoms with van der Waals surface area (Å²) >= 11 is 0. The average Bonchev–Trinajstić information content (AvgIpc) is 3.15. The van der Waals surface area contributed by atoms with E-state index < -0.39 is 34.0 Å². The summed E-state index contributed by atoms with van der Waals surface area (Å²) in [5.74, 6) is -2.45. The topological polar surface area (TPSA) is 308 Å². The third kappa shape index (κ3) is 20.5. The molecule has 0 aromatic heterocycles. The molecule has 0 spiro atoms. The predicted molar refractivity (Wildman–Crippen MR) is 228 cm³/mol. The molecule has 0 aliphatic heterocycles. The van der Waals surface area contributed by atoms with Crippen LogP contribution < -0.4 is 32.1 Å². The van der Waals surface area contributed by atoms with Crippen molar-refractivity contribution in [2.45, 2.75) is 95.5 Å². The normalized spacial score (nSPS) is 11.9. The fourth-order valence-electron chi connectivity index (χ4n) is 5.76. The quantitative estimate of drug-likeness (QED) is 0.0355. The number of nitrogen functional groups attached to an aromatic ring is 2. The minimum Gasteiger partial charge on any atom is -0.481 e. The lowest BCUT2D eigenvalue weighted by atomic mass is 10.1. The Bertz CT molecular complexity index is 2020. The summed E-state index contributed by atoms with van der Waals surface area (Å²) in [4.78, 5) is 58.2. The molecule has 17 nitrogen and oxygen atoms in total. The van der Waals surface area contributed by atoms with Gasteiger partial charge in [-0.1, -0.05) is 80.1 Å². The number of aliphatic carboxylic acids is 2. The van der Waals surface area contributed by atoms with Crippen LogP contribution >= 0.6 is 0 Å². The number of aryl methyl sites for hydroxylation is 1. The number of carbonyl (C=O) groups is 5. The van der Waals surface area contributed by atoms with Gasteiger partial charge in [-0.15, -0.1) is 0 Å². The highest BCUT2D eigenvalue weighted by atomic mass is 32.2. The van der Waals surface area contributed by atoms with Crippen molar-refractivity contribution < 1.29 is 42.6 Å². The molecule has 18 heteroatoms. The maximum absolute atomic E-state index is 12.6. The summed E-state index contributed by atoms with van der Waals surface area (Å²) in [6, 6.07) is 18.7. The highest BCUT2D eigenvalue weighted by Crippen LogP contribution is 2.14. The van der Waals surface area contributed by atoms with E-state index in [4.69, 9.17) is 32.5 Å². The number of hydrogen-bond acceptors (Lipinski definition) is 9. The number of carbonyl (C=O) groups excluding carboxylic acids is 3. The fraction of sp³-hybridized carbons (Fsp3) is 0.405. The molecule has 60 heavy (non-hydrogen) atoms. The van der Waals surface area contributed by atoms with Gasteiger partial charge in [-0.25, -0.2) is 13.1 Å². The second kappa shape index (κ2) is 25.4. The Hall–Kier alpha value is -6.14. The SMILES string of the molecule is CC(C)CC(=O)N[C@@H](CCCNC(=O)Cc1ccc(C(=N)N)cc1)CC(=O)O.Cc1ccc(S(=O)(=O)N[C@@H](CCCNC(=O)Cc2ccc(C(=N)N)cc2)CC(=O)O)cc1. The van der Waals surface area contributed by atoms with Crippen LogP contribution in [0.4, 0.5) is 0 Å². The number of carboxylic acid groups (broad SMARTS) is 2. The molecule has 0 fully saturated rings. The van der Waals surface area contributed by atoms with Crippen LogP contribution in [-0.2, 0) is 46.8 Å². The molecule has 12 N–H and O–H groups in total. The number of sulfonamides is 1. The average molecular weight is 851 g/mol. The third-order valence-electron chi connectivity index (χ3n) is 8.82. The second-order valence-electron chi connectivity index (χ2n) is 14.7. The van der Waals surface area contributed by atoms with Crippen molar-refractivity contribution in [3.8, 4) is 0 Å². The van der Waals surface area contributed by atoms with Crippen molar-refractivity contribution in [3.63, 3.8) is 0 Å². The Morgan fingerprint density at radius 1 is 0.633 bits per heavy atom. The minimum atomic E-state index is -3.85. The largest absolute Gasteiger partial charge is 0.481 e.